The van der Waals surface area contributed by atoms with Crippen LogP contribution >= 0.6 is 0 Å². The molecule has 2 aromatic heterocycles. The van der Waals surface area contributed by atoms with E-state index in [1.54, 1.807) is 25.3 Å². The van der Waals surface area contributed by atoms with Crippen molar-refractivity contribution >= 4 is 28.3 Å². The minimum atomic E-state index is -0.274. The molecule has 7 heteroatoms. The number of carbonyl (C=O) groups excluding carboxylic acids is 1. The highest BCUT2D eigenvalue weighted by Crippen LogP contribution is 2.44. The number of hydrogen-bond donors (Lipinski definition) is 0. The molecular weight excluding hydrogens is 324 g/mol. The fourth-order valence-electron chi connectivity index (χ4n) is 3.33. The van der Waals surface area contributed by atoms with Crippen molar-refractivity contribution in [3.63, 3.8) is 0 Å². The first-order chi connectivity index (χ1) is 12.3. The standard InChI is InChI=1S/C18H18N2O5/c1-22-16-12-8-14(13-9-24-7-6-20(13)10-21)25-18(12)17(23-2)11-4-3-5-19-15(11)16/h3-5,8,10,13H,6-7,9H2,1-2H3. The molecule has 0 aliphatic carbocycles. The molecule has 1 unspecified atom stereocenters. The summed E-state index contributed by atoms with van der Waals surface area (Å²) in [7, 11) is 3.20. The van der Waals surface area contributed by atoms with Crippen molar-refractivity contribution in [2.75, 3.05) is 34.0 Å². The second-order valence-corrected chi connectivity index (χ2v) is 5.79. The highest BCUT2D eigenvalue weighted by atomic mass is 16.5. The van der Waals surface area contributed by atoms with Crippen LogP contribution in [-0.4, -0.2) is 50.3 Å². The van der Waals surface area contributed by atoms with Gasteiger partial charge < -0.3 is 23.5 Å². The van der Waals surface area contributed by atoms with Crippen LogP contribution in [0.1, 0.15) is 11.8 Å². The van der Waals surface area contributed by atoms with E-state index in [0.29, 0.717) is 48.1 Å². The number of fused-ring (bicyclic) bond motifs is 2. The summed E-state index contributed by atoms with van der Waals surface area (Å²) in [6.45, 7) is 1.44. The summed E-state index contributed by atoms with van der Waals surface area (Å²) in [6, 6.07) is 5.35. The van der Waals surface area contributed by atoms with Crippen LogP contribution in [0, 0.1) is 0 Å². The van der Waals surface area contributed by atoms with Crippen LogP contribution in [0.3, 0.4) is 0 Å². The Balaban J connectivity index is 1.98. The Labute approximate surface area is 144 Å². The van der Waals surface area contributed by atoms with E-state index in [1.165, 1.54) is 0 Å². The summed E-state index contributed by atoms with van der Waals surface area (Å²) in [5.74, 6) is 1.85. The van der Waals surface area contributed by atoms with E-state index < -0.39 is 0 Å². The first-order valence-electron chi connectivity index (χ1n) is 7.99. The predicted molar refractivity (Wildman–Crippen MR) is 90.9 cm³/mol. The maximum absolute atomic E-state index is 11.4. The lowest BCUT2D eigenvalue weighted by Gasteiger charge is -2.30. The highest BCUT2D eigenvalue weighted by Gasteiger charge is 2.29. The summed E-state index contributed by atoms with van der Waals surface area (Å²) in [6.07, 6.45) is 2.53. The van der Waals surface area contributed by atoms with E-state index in [1.807, 2.05) is 18.2 Å². The lowest BCUT2D eigenvalue weighted by Crippen LogP contribution is -2.38. The van der Waals surface area contributed by atoms with E-state index in [-0.39, 0.29) is 6.04 Å². The number of nitrogens with zero attached hydrogens (tertiary/aromatic N) is 2. The molecule has 3 heterocycles. The molecule has 1 amide bonds. The number of benzene rings is 1. The van der Waals surface area contributed by atoms with Crippen molar-refractivity contribution in [3.8, 4) is 11.5 Å². The molecule has 4 rings (SSSR count). The Kier molecular flexibility index (Phi) is 3.93. The zero-order chi connectivity index (χ0) is 17.4. The van der Waals surface area contributed by atoms with Crippen LogP contribution in [0.15, 0.2) is 28.8 Å². The summed E-state index contributed by atoms with van der Waals surface area (Å²) in [5, 5.41) is 1.57. The van der Waals surface area contributed by atoms with Crippen LogP contribution in [0.25, 0.3) is 21.9 Å². The number of methoxy groups -OCH3 is 2. The second-order valence-electron chi connectivity index (χ2n) is 5.79. The van der Waals surface area contributed by atoms with Crippen molar-refractivity contribution in [1.29, 1.82) is 0 Å². The molecule has 3 aromatic rings. The molecule has 1 saturated heterocycles. The summed E-state index contributed by atoms with van der Waals surface area (Å²) < 4.78 is 22.8. The zero-order valence-corrected chi connectivity index (χ0v) is 14.0. The predicted octanol–water partition coefficient (Wildman–Crippen LogP) is 2.53. The second kappa shape index (κ2) is 6.25. The average molecular weight is 342 g/mol. The molecule has 7 nitrogen and oxygen atoms in total. The minimum Gasteiger partial charge on any atom is -0.494 e. The summed E-state index contributed by atoms with van der Waals surface area (Å²) in [4.78, 5) is 17.5. The SMILES string of the molecule is COc1c2cc(C3COCCN3C=O)oc2c(OC)c2cccnc12. The fraction of sp³-hybridized carbons (Fsp3) is 0.333. The summed E-state index contributed by atoms with van der Waals surface area (Å²) >= 11 is 0. The molecule has 0 N–H and O–H groups in total. The van der Waals surface area contributed by atoms with Gasteiger partial charge in [-0.05, 0) is 18.2 Å². The number of hydrogen-bond acceptors (Lipinski definition) is 6. The zero-order valence-electron chi connectivity index (χ0n) is 14.0. The molecule has 1 atom stereocenters. The molecule has 1 fully saturated rings. The molecule has 0 bridgehead atoms. The smallest absolute Gasteiger partial charge is 0.210 e. The van der Waals surface area contributed by atoms with Crippen molar-refractivity contribution < 1.29 is 23.4 Å². The van der Waals surface area contributed by atoms with Crippen LogP contribution in [-0.2, 0) is 9.53 Å². The Morgan fingerprint density at radius 1 is 1.28 bits per heavy atom. The molecule has 1 aliphatic heterocycles. The van der Waals surface area contributed by atoms with Gasteiger partial charge in [0.2, 0.25) is 6.41 Å². The van der Waals surface area contributed by atoms with Gasteiger partial charge in [0, 0.05) is 12.7 Å². The van der Waals surface area contributed by atoms with Crippen LogP contribution in [0.4, 0.5) is 0 Å². The number of rotatable bonds is 4. The quantitative estimate of drug-likeness (QED) is 0.678. The van der Waals surface area contributed by atoms with Gasteiger partial charge in [0.15, 0.2) is 17.1 Å². The topological polar surface area (TPSA) is 74.0 Å². The van der Waals surface area contributed by atoms with Crippen LogP contribution in [0.2, 0.25) is 0 Å². The third-order valence-electron chi connectivity index (χ3n) is 4.51. The third kappa shape index (κ3) is 2.39. The van der Waals surface area contributed by atoms with Crippen molar-refractivity contribution in [1.82, 2.24) is 9.88 Å². The van der Waals surface area contributed by atoms with Gasteiger partial charge in [-0.25, -0.2) is 0 Å². The van der Waals surface area contributed by atoms with E-state index in [9.17, 15) is 4.79 Å². The monoisotopic (exact) mass is 342 g/mol. The Morgan fingerprint density at radius 2 is 2.12 bits per heavy atom. The van der Waals surface area contributed by atoms with Crippen LogP contribution < -0.4 is 9.47 Å². The minimum absolute atomic E-state index is 0.274. The van der Waals surface area contributed by atoms with Gasteiger partial charge in [0.25, 0.3) is 0 Å². The van der Waals surface area contributed by atoms with Gasteiger partial charge in [-0.15, -0.1) is 0 Å². The molecule has 25 heavy (non-hydrogen) atoms. The van der Waals surface area contributed by atoms with Gasteiger partial charge in [-0.2, -0.15) is 0 Å². The summed E-state index contributed by atoms with van der Waals surface area (Å²) in [5.41, 5.74) is 1.28. The Hall–Kier alpha value is -2.80. The molecule has 1 aromatic carbocycles. The van der Waals surface area contributed by atoms with E-state index in [2.05, 4.69) is 4.98 Å². The molecular formula is C18H18N2O5. The van der Waals surface area contributed by atoms with Crippen LogP contribution in [0.5, 0.6) is 11.5 Å². The van der Waals surface area contributed by atoms with E-state index >= 15 is 0 Å². The van der Waals surface area contributed by atoms with Crippen molar-refractivity contribution in [2.24, 2.45) is 0 Å². The Morgan fingerprint density at radius 3 is 2.88 bits per heavy atom. The number of pyridine rings is 1. The normalized spacial score (nSPS) is 17.8. The van der Waals surface area contributed by atoms with Gasteiger partial charge in [0.1, 0.15) is 17.3 Å². The lowest BCUT2D eigenvalue weighted by molar-refractivity contribution is -0.127. The van der Waals surface area contributed by atoms with E-state index in [0.717, 1.165) is 17.2 Å². The maximum Gasteiger partial charge on any atom is 0.210 e. The fourth-order valence-corrected chi connectivity index (χ4v) is 3.33. The molecule has 1 aliphatic rings. The molecule has 0 saturated carbocycles. The van der Waals surface area contributed by atoms with Gasteiger partial charge in [-0.1, -0.05) is 0 Å². The Bertz CT molecular complexity index is 876. The highest BCUT2D eigenvalue weighted by molar-refractivity contribution is 6.07. The molecule has 130 valence electrons. The molecule has 0 radical (unpaired) electrons. The van der Waals surface area contributed by atoms with Crippen molar-refractivity contribution in [2.45, 2.75) is 6.04 Å². The number of aromatic nitrogens is 1. The van der Waals surface area contributed by atoms with Crippen molar-refractivity contribution in [3.05, 3.63) is 30.2 Å². The lowest BCUT2D eigenvalue weighted by atomic mass is 10.1. The number of amides is 1. The van der Waals surface area contributed by atoms with E-state index in [4.69, 9.17) is 18.6 Å². The number of ether oxygens (including phenoxy) is 3. The number of furan rings is 1. The first-order valence-corrected chi connectivity index (χ1v) is 7.99. The number of carbonyl (C=O) groups is 1. The third-order valence-corrected chi connectivity index (χ3v) is 4.51. The van der Waals surface area contributed by atoms with Gasteiger partial charge in [0.05, 0.1) is 38.2 Å². The largest absolute Gasteiger partial charge is 0.494 e. The number of morpholine rings is 1. The van der Waals surface area contributed by atoms with Gasteiger partial charge in [-0.3, -0.25) is 9.78 Å². The first kappa shape index (κ1) is 15.7. The van der Waals surface area contributed by atoms with Gasteiger partial charge >= 0.3 is 0 Å². The maximum atomic E-state index is 11.4. The average Bonchev–Trinajstić information content (AvgIpc) is 3.10. The molecule has 0 spiro atoms.